The van der Waals surface area contributed by atoms with E-state index in [4.69, 9.17) is 9.47 Å². The van der Waals surface area contributed by atoms with Crippen molar-refractivity contribution >= 4 is 34.7 Å². The number of rotatable bonds is 8. The third-order valence-corrected chi connectivity index (χ3v) is 6.28. The average Bonchev–Trinajstić information content (AvgIpc) is 3.15. The molecule has 1 aliphatic heterocycles. The quantitative estimate of drug-likeness (QED) is 0.232. The number of amides is 2. The summed E-state index contributed by atoms with van der Waals surface area (Å²) in [7, 11) is 1.49. The van der Waals surface area contributed by atoms with Crippen molar-refractivity contribution in [3.8, 4) is 17.6 Å². The summed E-state index contributed by atoms with van der Waals surface area (Å²) in [6.07, 6.45) is 1.60. The van der Waals surface area contributed by atoms with Crippen LogP contribution in [0.25, 0.3) is 6.08 Å². The molecular weight excluding hydrogens is 482 g/mol. The number of ether oxygens (including phenoxy) is 2. The largest absolute Gasteiger partial charge is 0.493 e. The molecule has 1 aliphatic rings. The molecule has 9 nitrogen and oxygen atoms in total. The first kappa shape index (κ1) is 24.5. The van der Waals surface area contributed by atoms with Crippen LogP contribution in [-0.2, 0) is 17.9 Å². The number of methoxy groups -OCH3 is 1. The molecular formula is C26H19N3O6S. The molecule has 2 amide bonds. The summed E-state index contributed by atoms with van der Waals surface area (Å²) in [5.41, 5.74) is 2.44. The second-order valence-corrected chi connectivity index (χ2v) is 8.65. The molecule has 1 heterocycles. The lowest BCUT2D eigenvalue weighted by atomic mass is 10.1. The maximum atomic E-state index is 12.9. The van der Waals surface area contributed by atoms with Gasteiger partial charge in [0.15, 0.2) is 11.5 Å². The zero-order valence-electron chi connectivity index (χ0n) is 19.0. The Hall–Kier alpha value is -4.62. The van der Waals surface area contributed by atoms with Gasteiger partial charge in [-0.2, -0.15) is 5.26 Å². The van der Waals surface area contributed by atoms with Crippen molar-refractivity contribution in [2.45, 2.75) is 13.2 Å². The van der Waals surface area contributed by atoms with Crippen LogP contribution in [0.1, 0.15) is 22.3 Å². The van der Waals surface area contributed by atoms with Gasteiger partial charge in [0.05, 0.1) is 35.1 Å². The van der Waals surface area contributed by atoms with Crippen LogP contribution in [0, 0.1) is 21.4 Å². The number of imide groups is 1. The molecule has 3 aromatic rings. The lowest BCUT2D eigenvalue weighted by Crippen LogP contribution is -2.27. The fourth-order valence-electron chi connectivity index (χ4n) is 3.50. The predicted molar refractivity (Wildman–Crippen MR) is 133 cm³/mol. The smallest absolute Gasteiger partial charge is 0.293 e. The zero-order valence-corrected chi connectivity index (χ0v) is 19.9. The third kappa shape index (κ3) is 5.37. The second kappa shape index (κ2) is 10.8. The number of nitro benzene ring substituents is 1. The van der Waals surface area contributed by atoms with E-state index in [1.54, 1.807) is 36.4 Å². The van der Waals surface area contributed by atoms with Gasteiger partial charge in [-0.25, -0.2) is 0 Å². The van der Waals surface area contributed by atoms with Crippen molar-refractivity contribution in [2.75, 3.05) is 7.11 Å². The van der Waals surface area contributed by atoms with Gasteiger partial charge in [-0.05, 0) is 47.2 Å². The lowest BCUT2D eigenvalue weighted by molar-refractivity contribution is -0.384. The number of nitrogens with zero attached hydrogens (tertiary/aromatic N) is 3. The highest BCUT2D eigenvalue weighted by Crippen LogP contribution is 2.35. The van der Waals surface area contributed by atoms with Gasteiger partial charge in [0, 0.05) is 17.7 Å². The summed E-state index contributed by atoms with van der Waals surface area (Å²) in [5.74, 6) is 0.452. The Labute approximate surface area is 210 Å². The van der Waals surface area contributed by atoms with E-state index in [1.807, 2.05) is 12.1 Å². The van der Waals surface area contributed by atoms with E-state index >= 15 is 0 Å². The molecule has 0 atom stereocenters. The van der Waals surface area contributed by atoms with Crippen LogP contribution in [0.3, 0.4) is 0 Å². The number of thioether (sulfide) groups is 1. The van der Waals surface area contributed by atoms with Crippen LogP contribution in [0.2, 0.25) is 0 Å². The van der Waals surface area contributed by atoms with E-state index in [9.17, 15) is 25.0 Å². The first-order valence-corrected chi connectivity index (χ1v) is 11.5. The minimum absolute atomic E-state index is 0.0142. The van der Waals surface area contributed by atoms with Gasteiger partial charge >= 0.3 is 0 Å². The van der Waals surface area contributed by atoms with Crippen LogP contribution < -0.4 is 9.47 Å². The number of carbonyl (C=O) groups is 2. The number of nitriles is 1. The predicted octanol–water partition coefficient (Wildman–Crippen LogP) is 5.29. The topological polar surface area (TPSA) is 123 Å². The van der Waals surface area contributed by atoms with Gasteiger partial charge < -0.3 is 9.47 Å². The summed E-state index contributed by atoms with van der Waals surface area (Å²) < 4.78 is 11.3. The van der Waals surface area contributed by atoms with Crippen LogP contribution in [0.4, 0.5) is 10.5 Å². The van der Waals surface area contributed by atoms with Crippen LogP contribution >= 0.6 is 11.8 Å². The standard InChI is InChI=1S/C26H19N3O6S/c1-34-23-12-18(8-11-22(23)35-16-20-5-3-2-4-19(20)14-27)13-24-25(30)28(26(31)36-24)15-17-6-9-21(10-7-17)29(32)33/h2-13H,15-16H2,1H3/b24-13+. The Kier molecular flexibility index (Phi) is 7.32. The fraction of sp³-hybridized carbons (Fsp3) is 0.115. The summed E-state index contributed by atoms with van der Waals surface area (Å²) >= 11 is 0.821. The fourth-order valence-corrected chi connectivity index (χ4v) is 4.34. The molecule has 10 heteroatoms. The van der Waals surface area contributed by atoms with Crippen molar-refractivity contribution < 1.29 is 24.0 Å². The van der Waals surface area contributed by atoms with E-state index in [1.165, 1.54) is 31.4 Å². The maximum Gasteiger partial charge on any atom is 0.293 e. The van der Waals surface area contributed by atoms with E-state index in [0.29, 0.717) is 28.2 Å². The van der Waals surface area contributed by atoms with Gasteiger partial charge in [-0.1, -0.05) is 36.4 Å². The zero-order chi connectivity index (χ0) is 25.7. The maximum absolute atomic E-state index is 12.9. The number of benzene rings is 3. The Morgan fingerprint density at radius 1 is 1.08 bits per heavy atom. The molecule has 0 N–H and O–H groups in total. The molecule has 36 heavy (non-hydrogen) atoms. The van der Waals surface area contributed by atoms with Gasteiger partial charge in [0.25, 0.3) is 16.8 Å². The minimum Gasteiger partial charge on any atom is -0.493 e. The molecule has 0 bridgehead atoms. The van der Waals surface area contributed by atoms with Crippen LogP contribution in [0.5, 0.6) is 11.5 Å². The first-order chi connectivity index (χ1) is 17.4. The highest BCUT2D eigenvalue weighted by Gasteiger charge is 2.35. The second-order valence-electron chi connectivity index (χ2n) is 7.66. The van der Waals surface area contributed by atoms with Gasteiger partial charge in [0.1, 0.15) is 6.61 Å². The third-order valence-electron chi connectivity index (χ3n) is 5.37. The number of carbonyl (C=O) groups excluding carboxylic acids is 2. The minimum atomic E-state index is -0.511. The van der Waals surface area contributed by atoms with Crippen molar-refractivity contribution in [2.24, 2.45) is 0 Å². The highest BCUT2D eigenvalue weighted by atomic mass is 32.2. The Balaban J connectivity index is 1.48. The Morgan fingerprint density at radius 3 is 2.53 bits per heavy atom. The average molecular weight is 502 g/mol. The summed E-state index contributed by atoms with van der Waals surface area (Å²) in [4.78, 5) is 37.0. The number of non-ortho nitro benzene ring substituents is 1. The molecule has 4 rings (SSSR count). The van der Waals surface area contributed by atoms with Gasteiger partial charge in [-0.15, -0.1) is 0 Å². The number of hydrogen-bond donors (Lipinski definition) is 0. The monoisotopic (exact) mass is 501 g/mol. The van der Waals surface area contributed by atoms with E-state index < -0.39 is 16.1 Å². The van der Waals surface area contributed by atoms with E-state index in [2.05, 4.69) is 6.07 Å². The Bertz CT molecular complexity index is 1410. The molecule has 3 aromatic carbocycles. The van der Waals surface area contributed by atoms with E-state index in [-0.39, 0.29) is 23.7 Å². The summed E-state index contributed by atoms with van der Waals surface area (Å²) in [5, 5.41) is 19.6. The summed E-state index contributed by atoms with van der Waals surface area (Å²) in [6, 6.07) is 20.1. The SMILES string of the molecule is COc1cc(/C=C2/SC(=O)N(Cc3ccc([N+](=O)[O-])cc3)C2=O)ccc1OCc1ccccc1C#N. The Morgan fingerprint density at radius 2 is 1.83 bits per heavy atom. The van der Waals surface area contributed by atoms with Crippen molar-refractivity contribution in [1.29, 1.82) is 5.26 Å². The van der Waals surface area contributed by atoms with E-state index in [0.717, 1.165) is 22.2 Å². The van der Waals surface area contributed by atoms with Crippen molar-refractivity contribution in [3.63, 3.8) is 0 Å². The highest BCUT2D eigenvalue weighted by molar-refractivity contribution is 8.18. The normalized spacial score (nSPS) is 14.1. The van der Waals surface area contributed by atoms with Crippen molar-refractivity contribution in [3.05, 3.63) is 104 Å². The first-order valence-electron chi connectivity index (χ1n) is 10.7. The van der Waals surface area contributed by atoms with Crippen LogP contribution in [-0.4, -0.2) is 28.1 Å². The molecule has 1 saturated heterocycles. The van der Waals surface area contributed by atoms with Crippen LogP contribution in [0.15, 0.2) is 71.6 Å². The molecule has 0 aliphatic carbocycles. The van der Waals surface area contributed by atoms with Gasteiger partial charge in [0.2, 0.25) is 0 Å². The van der Waals surface area contributed by atoms with Gasteiger partial charge in [-0.3, -0.25) is 24.6 Å². The molecule has 180 valence electrons. The molecule has 0 spiro atoms. The molecule has 1 fully saturated rings. The molecule has 0 aromatic heterocycles. The number of hydrogen-bond acceptors (Lipinski definition) is 8. The van der Waals surface area contributed by atoms with Crippen molar-refractivity contribution in [1.82, 2.24) is 4.90 Å². The number of nitro groups is 1. The summed E-state index contributed by atoms with van der Waals surface area (Å²) in [6.45, 7) is 0.196. The molecule has 0 unspecified atom stereocenters. The molecule has 0 radical (unpaired) electrons. The lowest BCUT2D eigenvalue weighted by Gasteiger charge is -2.13. The molecule has 0 saturated carbocycles.